The first-order valence-corrected chi connectivity index (χ1v) is 11.8. The number of hydrogen-bond donors (Lipinski definition) is 1. The normalized spacial score (nSPS) is 11.0. The van der Waals surface area contributed by atoms with E-state index < -0.39 is 0 Å². The standard InChI is InChI=1S/C27H24N4OS/c32-25(15-16-26-29-23-13-7-8-14-24(23)33-26)28-17-22-19-31(18-20-9-3-1-4-10-20)30-27(22)21-11-5-2-6-12-21/h1-14,19H,15-18H2,(H,28,32). The van der Waals surface area contributed by atoms with E-state index in [-0.39, 0.29) is 5.91 Å². The summed E-state index contributed by atoms with van der Waals surface area (Å²) >= 11 is 1.65. The van der Waals surface area contributed by atoms with Crippen LogP contribution in [0, 0.1) is 0 Å². The molecule has 164 valence electrons. The van der Waals surface area contributed by atoms with E-state index >= 15 is 0 Å². The first-order chi connectivity index (χ1) is 16.2. The quantitative estimate of drug-likeness (QED) is 0.340. The summed E-state index contributed by atoms with van der Waals surface area (Å²) in [5.74, 6) is 0.0177. The van der Waals surface area contributed by atoms with Gasteiger partial charge < -0.3 is 5.32 Å². The van der Waals surface area contributed by atoms with E-state index in [0.29, 0.717) is 25.9 Å². The lowest BCUT2D eigenvalue weighted by molar-refractivity contribution is -0.121. The third kappa shape index (κ3) is 5.18. The summed E-state index contributed by atoms with van der Waals surface area (Å²) in [5, 5.41) is 8.90. The van der Waals surface area contributed by atoms with Crippen molar-refractivity contribution in [2.24, 2.45) is 0 Å². The summed E-state index contributed by atoms with van der Waals surface area (Å²) in [7, 11) is 0. The van der Waals surface area contributed by atoms with Crippen LogP contribution in [0.25, 0.3) is 21.5 Å². The molecule has 2 heterocycles. The van der Waals surface area contributed by atoms with Crippen LogP contribution in [0.3, 0.4) is 0 Å². The van der Waals surface area contributed by atoms with Crippen LogP contribution in [0.4, 0.5) is 0 Å². The molecule has 0 fully saturated rings. The van der Waals surface area contributed by atoms with E-state index in [0.717, 1.165) is 32.0 Å². The maximum Gasteiger partial charge on any atom is 0.220 e. The van der Waals surface area contributed by atoms with Crippen LogP contribution >= 0.6 is 11.3 Å². The summed E-state index contributed by atoms with van der Waals surface area (Å²) in [6, 6.07) is 28.4. The number of aryl methyl sites for hydroxylation is 1. The largest absolute Gasteiger partial charge is 0.352 e. The SMILES string of the molecule is O=C(CCc1nc2ccccc2s1)NCc1cn(Cc2ccccc2)nc1-c1ccccc1. The number of hydrogen-bond acceptors (Lipinski definition) is 4. The summed E-state index contributed by atoms with van der Waals surface area (Å²) < 4.78 is 3.10. The Morgan fingerprint density at radius 1 is 0.909 bits per heavy atom. The molecule has 2 aromatic heterocycles. The van der Waals surface area contributed by atoms with Crippen LogP contribution in [-0.2, 0) is 24.3 Å². The number of aromatic nitrogens is 3. The highest BCUT2D eigenvalue weighted by atomic mass is 32.1. The number of fused-ring (bicyclic) bond motifs is 1. The molecule has 0 spiro atoms. The van der Waals surface area contributed by atoms with Gasteiger partial charge in [-0.25, -0.2) is 4.98 Å². The molecule has 1 amide bonds. The van der Waals surface area contributed by atoms with Crippen molar-refractivity contribution >= 4 is 27.5 Å². The molecule has 0 atom stereocenters. The minimum absolute atomic E-state index is 0.0177. The molecule has 0 aliphatic carbocycles. The van der Waals surface area contributed by atoms with Crippen molar-refractivity contribution in [2.75, 3.05) is 0 Å². The summed E-state index contributed by atoms with van der Waals surface area (Å²) in [4.78, 5) is 17.2. The second-order valence-electron chi connectivity index (χ2n) is 7.90. The number of nitrogens with zero attached hydrogens (tertiary/aromatic N) is 3. The fraction of sp³-hybridized carbons (Fsp3) is 0.148. The molecule has 0 saturated carbocycles. The van der Waals surface area contributed by atoms with Gasteiger partial charge in [0.25, 0.3) is 0 Å². The van der Waals surface area contributed by atoms with Gasteiger partial charge in [-0.05, 0) is 17.7 Å². The van der Waals surface area contributed by atoms with E-state index in [1.165, 1.54) is 5.56 Å². The predicted molar refractivity (Wildman–Crippen MR) is 133 cm³/mol. The summed E-state index contributed by atoms with van der Waals surface area (Å²) in [6.45, 7) is 1.13. The van der Waals surface area contributed by atoms with Gasteiger partial charge in [0.15, 0.2) is 0 Å². The number of thiazole rings is 1. The van der Waals surface area contributed by atoms with Crippen molar-refractivity contribution in [1.29, 1.82) is 0 Å². The topological polar surface area (TPSA) is 59.8 Å². The van der Waals surface area contributed by atoms with E-state index in [9.17, 15) is 4.79 Å². The third-order valence-corrected chi connectivity index (χ3v) is 6.55. The number of carbonyl (C=O) groups excluding carboxylic acids is 1. The average molecular weight is 453 g/mol. The predicted octanol–water partition coefficient (Wildman–Crippen LogP) is 5.46. The van der Waals surface area contributed by atoms with Crippen LogP contribution in [0.2, 0.25) is 0 Å². The van der Waals surface area contributed by atoms with E-state index in [1.54, 1.807) is 11.3 Å². The second-order valence-corrected chi connectivity index (χ2v) is 9.02. The Bertz CT molecular complexity index is 1330. The van der Waals surface area contributed by atoms with Crippen LogP contribution < -0.4 is 5.32 Å². The highest BCUT2D eigenvalue weighted by Crippen LogP contribution is 2.24. The molecule has 0 aliphatic rings. The Morgan fingerprint density at radius 2 is 1.64 bits per heavy atom. The smallest absolute Gasteiger partial charge is 0.220 e. The Hall–Kier alpha value is -3.77. The molecule has 0 saturated heterocycles. The maximum atomic E-state index is 12.6. The molecule has 1 N–H and O–H groups in total. The van der Waals surface area contributed by atoms with Gasteiger partial charge in [0, 0.05) is 36.7 Å². The third-order valence-electron chi connectivity index (χ3n) is 5.45. The molecule has 33 heavy (non-hydrogen) atoms. The summed E-state index contributed by atoms with van der Waals surface area (Å²) in [5.41, 5.74) is 5.13. The number of para-hydroxylation sites is 1. The molecule has 6 heteroatoms. The van der Waals surface area contributed by atoms with E-state index in [2.05, 4.69) is 28.5 Å². The zero-order valence-electron chi connectivity index (χ0n) is 18.1. The second kappa shape index (κ2) is 9.79. The number of carbonyl (C=O) groups is 1. The number of amides is 1. The van der Waals surface area contributed by atoms with Crippen molar-refractivity contribution in [3.8, 4) is 11.3 Å². The van der Waals surface area contributed by atoms with Gasteiger partial charge in [-0.1, -0.05) is 72.8 Å². The van der Waals surface area contributed by atoms with Gasteiger partial charge in [-0.2, -0.15) is 5.10 Å². The zero-order valence-corrected chi connectivity index (χ0v) is 19.0. The molecular weight excluding hydrogens is 428 g/mol. The molecule has 3 aromatic carbocycles. The van der Waals surface area contributed by atoms with E-state index in [1.807, 2.05) is 77.6 Å². The first kappa shape index (κ1) is 21.1. The van der Waals surface area contributed by atoms with Gasteiger partial charge >= 0.3 is 0 Å². The van der Waals surface area contributed by atoms with Crippen molar-refractivity contribution in [1.82, 2.24) is 20.1 Å². The Balaban J connectivity index is 1.26. The van der Waals surface area contributed by atoms with Crippen LogP contribution in [0.15, 0.2) is 91.1 Å². The molecule has 0 aliphatic heterocycles. The molecular formula is C27H24N4OS. The van der Waals surface area contributed by atoms with Gasteiger partial charge in [0.05, 0.1) is 27.5 Å². The fourth-order valence-electron chi connectivity index (χ4n) is 3.81. The lowest BCUT2D eigenvalue weighted by atomic mass is 10.1. The van der Waals surface area contributed by atoms with Gasteiger partial charge in [-0.15, -0.1) is 11.3 Å². The number of rotatable bonds is 8. The van der Waals surface area contributed by atoms with Crippen LogP contribution in [-0.4, -0.2) is 20.7 Å². The monoisotopic (exact) mass is 452 g/mol. The minimum Gasteiger partial charge on any atom is -0.352 e. The molecule has 5 rings (SSSR count). The molecule has 5 nitrogen and oxygen atoms in total. The fourth-order valence-corrected chi connectivity index (χ4v) is 4.78. The lowest BCUT2D eigenvalue weighted by Crippen LogP contribution is -2.23. The molecule has 5 aromatic rings. The van der Waals surface area contributed by atoms with Crippen molar-refractivity contribution < 1.29 is 4.79 Å². The van der Waals surface area contributed by atoms with Crippen LogP contribution in [0.1, 0.15) is 22.6 Å². The average Bonchev–Trinajstić information content (AvgIpc) is 3.46. The number of benzene rings is 3. The maximum absolute atomic E-state index is 12.6. The van der Waals surface area contributed by atoms with Gasteiger partial charge in [-0.3, -0.25) is 9.48 Å². The number of nitrogens with one attached hydrogen (secondary N) is 1. The lowest BCUT2D eigenvalue weighted by Gasteiger charge is -2.05. The van der Waals surface area contributed by atoms with Gasteiger partial charge in [0.1, 0.15) is 0 Å². The minimum atomic E-state index is 0.0177. The Kier molecular flexibility index (Phi) is 6.26. The van der Waals surface area contributed by atoms with Crippen LogP contribution in [0.5, 0.6) is 0 Å². The zero-order chi connectivity index (χ0) is 22.5. The Labute approximate surface area is 196 Å². The van der Waals surface area contributed by atoms with E-state index in [4.69, 9.17) is 5.10 Å². The molecule has 0 radical (unpaired) electrons. The molecule has 0 unspecified atom stereocenters. The molecule has 0 bridgehead atoms. The van der Waals surface area contributed by atoms with Crippen molar-refractivity contribution in [3.05, 3.63) is 107 Å². The summed E-state index contributed by atoms with van der Waals surface area (Å²) in [6.07, 6.45) is 3.09. The van der Waals surface area contributed by atoms with Crippen molar-refractivity contribution in [2.45, 2.75) is 25.9 Å². The first-order valence-electron chi connectivity index (χ1n) is 11.0. The van der Waals surface area contributed by atoms with Gasteiger partial charge in [0.2, 0.25) is 5.91 Å². The highest BCUT2D eigenvalue weighted by molar-refractivity contribution is 7.18. The highest BCUT2D eigenvalue weighted by Gasteiger charge is 2.13. The van der Waals surface area contributed by atoms with Crippen molar-refractivity contribution in [3.63, 3.8) is 0 Å². The Morgan fingerprint density at radius 3 is 2.42 bits per heavy atom.